The van der Waals surface area contributed by atoms with Gasteiger partial charge in [0, 0.05) is 11.3 Å². The molecule has 0 aliphatic carbocycles. The third-order valence-corrected chi connectivity index (χ3v) is 4.02. The van der Waals surface area contributed by atoms with Gasteiger partial charge in [-0.1, -0.05) is 0 Å². The van der Waals surface area contributed by atoms with Crippen molar-refractivity contribution in [1.82, 2.24) is 14.8 Å². The normalized spacial score (nSPS) is 10.9. The standard InChI is InChI=1S/C18H20N4O2/c1-10-8-11(2)22(21-10)16-7-6-15(9-19-16)20-18(23)17-12(3)13(4)24-14(17)5/h6-9H,1-5H3,(H,20,23). The lowest BCUT2D eigenvalue weighted by Gasteiger charge is -2.07. The molecule has 0 aromatic carbocycles. The van der Waals surface area contributed by atoms with E-state index in [1.807, 2.05) is 45.9 Å². The summed E-state index contributed by atoms with van der Waals surface area (Å²) in [4.78, 5) is 16.8. The highest BCUT2D eigenvalue weighted by Gasteiger charge is 2.18. The lowest BCUT2D eigenvalue weighted by Crippen LogP contribution is -2.14. The molecule has 0 atom stereocenters. The first-order valence-corrected chi connectivity index (χ1v) is 7.74. The van der Waals surface area contributed by atoms with E-state index >= 15 is 0 Å². The number of aromatic nitrogens is 3. The van der Waals surface area contributed by atoms with E-state index in [1.165, 1.54) is 0 Å². The maximum absolute atomic E-state index is 12.5. The van der Waals surface area contributed by atoms with E-state index in [4.69, 9.17) is 4.42 Å². The van der Waals surface area contributed by atoms with Crippen LogP contribution in [0.3, 0.4) is 0 Å². The molecule has 0 saturated heterocycles. The number of aryl methyl sites for hydroxylation is 4. The highest BCUT2D eigenvalue weighted by molar-refractivity contribution is 6.06. The summed E-state index contributed by atoms with van der Waals surface area (Å²) in [5.41, 5.74) is 4.01. The summed E-state index contributed by atoms with van der Waals surface area (Å²) in [6, 6.07) is 5.63. The van der Waals surface area contributed by atoms with E-state index in [9.17, 15) is 4.79 Å². The number of nitrogens with zero attached hydrogens (tertiary/aromatic N) is 3. The molecule has 6 nitrogen and oxygen atoms in total. The molecule has 0 aliphatic rings. The van der Waals surface area contributed by atoms with Gasteiger partial charge in [-0.3, -0.25) is 4.79 Å². The summed E-state index contributed by atoms with van der Waals surface area (Å²) in [5.74, 6) is 1.90. The minimum absolute atomic E-state index is 0.192. The number of pyridine rings is 1. The molecule has 1 amide bonds. The monoisotopic (exact) mass is 324 g/mol. The van der Waals surface area contributed by atoms with E-state index < -0.39 is 0 Å². The van der Waals surface area contributed by atoms with E-state index in [-0.39, 0.29) is 5.91 Å². The van der Waals surface area contributed by atoms with Crippen molar-refractivity contribution in [3.63, 3.8) is 0 Å². The van der Waals surface area contributed by atoms with Crippen LogP contribution in [0.2, 0.25) is 0 Å². The van der Waals surface area contributed by atoms with Crippen molar-refractivity contribution in [2.24, 2.45) is 0 Å². The van der Waals surface area contributed by atoms with Crippen LogP contribution < -0.4 is 5.32 Å². The predicted octanol–water partition coefficient (Wildman–Crippen LogP) is 3.65. The first-order valence-electron chi connectivity index (χ1n) is 7.74. The van der Waals surface area contributed by atoms with Gasteiger partial charge in [0.05, 0.1) is 23.1 Å². The van der Waals surface area contributed by atoms with E-state index in [2.05, 4.69) is 15.4 Å². The fraction of sp³-hybridized carbons (Fsp3) is 0.278. The van der Waals surface area contributed by atoms with Gasteiger partial charge >= 0.3 is 0 Å². The average Bonchev–Trinajstić information content (AvgIpc) is 2.98. The van der Waals surface area contributed by atoms with E-state index in [1.54, 1.807) is 17.8 Å². The molecule has 6 heteroatoms. The lowest BCUT2D eigenvalue weighted by molar-refractivity contribution is 0.102. The van der Waals surface area contributed by atoms with Crippen molar-refractivity contribution in [3.8, 4) is 5.82 Å². The van der Waals surface area contributed by atoms with Crippen molar-refractivity contribution in [2.45, 2.75) is 34.6 Å². The van der Waals surface area contributed by atoms with Crippen molar-refractivity contribution < 1.29 is 9.21 Å². The summed E-state index contributed by atoms with van der Waals surface area (Å²) in [5, 5.41) is 7.26. The number of rotatable bonds is 3. The summed E-state index contributed by atoms with van der Waals surface area (Å²) >= 11 is 0. The molecule has 3 aromatic heterocycles. The van der Waals surface area contributed by atoms with Crippen LogP contribution in [0.1, 0.15) is 38.8 Å². The molecule has 0 unspecified atom stereocenters. The van der Waals surface area contributed by atoms with Crippen molar-refractivity contribution in [3.05, 3.63) is 58.4 Å². The number of carbonyl (C=O) groups excluding carboxylic acids is 1. The Morgan fingerprint density at radius 1 is 1.12 bits per heavy atom. The third-order valence-electron chi connectivity index (χ3n) is 4.02. The topological polar surface area (TPSA) is 73.0 Å². The number of hydrogen-bond donors (Lipinski definition) is 1. The molecule has 0 fully saturated rings. The molecular weight excluding hydrogens is 304 g/mol. The van der Waals surface area contributed by atoms with Gasteiger partial charge in [0.2, 0.25) is 0 Å². The quantitative estimate of drug-likeness (QED) is 0.798. The van der Waals surface area contributed by atoms with Crippen LogP contribution in [-0.4, -0.2) is 20.7 Å². The van der Waals surface area contributed by atoms with Crippen LogP contribution in [-0.2, 0) is 0 Å². The number of furan rings is 1. The Hall–Kier alpha value is -2.89. The van der Waals surface area contributed by atoms with Crippen molar-refractivity contribution in [1.29, 1.82) is 0 Å². The fourth-order valence-electron chi connectivity index (χ4n) is 2.77. The first-order chi connectivity index (χ1) is 11.4. The minimum Gasteiger partial charge on any atom is -0.466 e. The highest BCUT2D eigenvalue weighted by Crippen LogP contribution is 2.22. The number of nitrogens with one attached hydrogen (secondary N) is 1. The molecule has 124 valence electrons. The van der Waals surface area contributed by atoms with Gasteiger partial charge in [-0.25, -0.2) is 9.67 Å². The highest BCUT2D eigenvalue weighted by atomic mass is 16.3. The Bertz CT molecular complexity index is 904. The molecular formula is C18H20N4O2. The lowest BCUT2D eigenvalue weighted by atomic mass is 10.1. The van der Waals surface area contributed by atoms with Crippen molar-refractivity contribution >= 4 is 11.6 Å². The Labute approximate surface area is 140 Å². The van der Waals surface area contributed by atoms with Crippen LogP contribution in [0.15, 0.2) is 28.8 Å². The van der Waals surface area contributed by atoms with Crippen molar-refractivity contribution in [2.75, 3.05) is 5.32 Å². The minimum atomic E-state index is -0.192. The summed E-state index contributed by atoms with van der Waals surface area (Å²) in [6.45, 7) is 9.44. The third kappa shape index (κ3) is 2.82. The van der Waals surface area contributed by atoms with Crippen LogP contribution >= 0.6 is 0 Å². The summed E-state index contributed by atoms with van der Waals surface area (Å²) in [7, 11) is 0. The predicted molar refractivity (Wildman–Crippen MR) is 91.7 cm³/mol. The zero-order valence-electron chi connectivity index (χ0n) is 14.5. The maximum atomic E-state index is 12.5. The number of hydrogen-bond acceptors (Lipinski definition) is 4. The second kappa shape index (κ2) is 5.96. The Morgan fingerprint density at radius 2 is 1.88 bits per heavy atom. The van der Waals surface area contributed by atoms with Gasteiger partial charge in [0.15, 0.2) is 5.82 Å². The largest absolute Gasteiger partial charge is 0.466 e. The fourth-order valence-corrected chi connectivity index (χ4v) is 2.77. The molecule has 3 aromatic rings. The Balaban J connectivity index is 1.81. The molecule has 0 saturated carbocycles. The van der Waals surface area contributed by atoms with Crippen LogP contribution in [0.4, 0.5) is 5.69 Å². The molecule has 3 heterocycles. The SMILES string of the molecule is Cc1cc(C)n(-c2ccc(NC(=O)c3c(C)oc(C)c3C)cn2)n1. The number of anilines is 1. The van der Waals surface area contributed by atoms with Gasteiger partial charge in [-0.2, -0.15) is 5.10 Å². The van der Waals surface area contributed by atoms with Gasteiger partial charge in [-0.05, 0) is 52.8 Å². The molecule has 1 N–H and O–H groups in total. The molecule has 3 rings (SSSR count). The number of amides is 1. The first kappa shape index (κ1) is 16.0. The molecule has 0 spiro atoms. The van der Waals surface area contributed by atoms with Gasteiger partial charge in [-0.15, -0.1) is 0 Å². The van der Waals surface area contributed by atoms with E-state index in [0.29, 0.717) is 22.8 Å². The average molecular weight is 324 g/mol. The zero-order chi connectivity index (χ0) is 17.4. The Morgan fingerprint density at radius 3 is 2.38 bits per heavy atom. The molecule has 0 bridgehead atoms. The molecule has 24 heavy (non-hydrogen) atoms. The van der Waals surface area contributed by atoms with Gasteiger partial charge in [0.25, 0.3) is 5.91 Å². The number of carbonyl (C=O) groups is 1. The molecule has 0 aliphatic heterocycles. The van der Waals surface area contributed by atoms with Crippen LogP contribution in [0.5, 0.6) is 0 Å². The van der Waals surface area contributed by atoms with Crippen LogP contribution in [0.25, 0.3) is 5.82 Å². The molecule has 0 radical (unpaired) electrons. The smallest absolute Gasteiger partial charge is 0.259 e. The van der Waals surface area contributed by atoms with E-state index in [0.717, 1.165) is 22.7 Å². The van der Waals surface area contributed by atoms with Gasteiger partial charge in [0.1, 0.15) is 11.5 Å². The second-order valence-electron chi connectivity index (χ2n) is 5.91. The maximum Gasteiger partial charge on any atom is 0.259 e. The Kier molecular flexibility index (Phi) is 3.97. The summed E-state index contributed by atoms with van der Waals surface area (Å²) in [6.07, 6.45) is 1.63. The van der Waals surface area contributed by atoms with Crippen LogP contribution in [0, 0.1) is 34.6 Å². The zero-order valence-corrected chi connectivity index (χ0v) is 14.5. The summed E-state index contributed by atoms with van der Waals surface area (Å²) < 4.78 is 7.28. The van der Waals surface area contributed by atoms with Gasteiger partial charge < -0.3 is 9.73 Å². The second-order valence-corrected chi connectivity index (χ2v) is 5.91.